The molecule has 0 aromatic carbocycles. The van der Waals surface area contributed by atoms with E-state index in [0.717, 1.165) is 23.7 Å². The Morgan fingerprint density at radius 3 is 2.43 bits per heavy atom. The van der Waals surface area contributed by atoms with Crippen molar-refractivity contribution in [3.8, 4) is 0 Å². The van der Waals surface area contributed by atoms with Crippen molar-refractivity contribution in [1.29, 1.82) is 0 Å². The molecule has 1 aliphatic rings. The third kappa shape index (κ3) is 7.41. The summed E-state index contributed by atoms with van der Waals surface area (Å²) in [6, 6.07) is 0. The molecule has 126 valence electrons. The molecular formula is C19H39NS. The zero-order valence-electron chi connectivity index (χ0n) is 15.4. The van der Waals surface area contributed by atoms with E-state index in [0.29, 0.717) is 5.41 Å². The quantitative estimate of drug-likeness (QED) is 0.598. The monoisotopic (exact) mass is 313 g/mol. The number of hydrogen-bond donors (Lipinski definition) is 1. The lowest BCUT2D eigenvalue weighted by Crippen LogP contribution is -2.37. The van der Waals surface area contributed by atoms with Crippen LogP contribution >= 0.6 is 11.8 Å². The molecule has 0 spiro atoms. The van der Waals surface area contributed by atoms with Crippen molar-refractivity contribution in [3.63, 3.8) is 0 Å². The first-order chi connectivity index (χ1) is 9.84. The van der Waals surface area contributed by atoms with Gasteiger partial charge in [-0.3, -0.25) is 0 Å². The van der Waals surface area contributed by atoms with Crippen molar-refractivity contribution in [2.75, 3.05) is 24.6 Å². The van der Waals surface area contributed by atoms with Gasteiger partial charge in [-0.25, -0.2) is 0 Å². The molecule has 0 saturated heterocycles. The van der Waals surface area contributed by atoms with Crippen LogP contribution in [0.3, 0.4) is 0 Å². The second-order valence-corrected chi connectivity index (χ2v) is 9.83. The van der Waals surface area contributed by atoms with Crippen molar-refractivity contribution < 1.29 is 0 Å². The molecule has 1 saturated carbocycles. The fraction of sp³-hybridized carbons (Fsp3) is 1.00. The summed E-state index contributed by atoms with van der Waals surface area (Å²) in [5.74, 6) is 6.19. The third-order valence-corrected chi connectivity index (χ3v) is 6.09. The van der Waals surface area contributed by atoms with E-state index in [4.69, 9.17) is 0 Å². The highest BCUT2D eigenvalue weighted by atomic mass is 32.2. The van der Waals surface area contributed by atoms with Gasteiger partial charge < -0.3 is 5.32 Å². The van der Waals surface area contributed by atoms with E-state index in [1.807, 2.05) is 0 Å². The molecule has 1 N–H and O–H groups in total. The first-order valence-electron chi connectivity index (χ1n) is 9.13. The Kier molecular flexibility index (Phi) is 8.71. The Hall–Kier alpha value is 0.310. The molecule has 2 heteroatoms. The van der Waals surface area contributed by atoms with Gasteiger partial charge >= 0.3 is 0 Å². The van der Waals surface area contributed by atoms with Crippen molar-refractivity contribution in [1.82, 2.24) is 5.32 Å². The van der Waals surface area contributed by atoms with Gasteiger partial charge in [-0.2, -0.15) is 11.8 Å². The summed E-state index contributed by atoms with van der Waals surface area (Å²) in [6.45, 7) is 16.6. The highest BCUT2D eigenvalue weighted by Gasteiger charge is 2.35. The first-order valence-corrected chi connectivity index (χ1v) is 10.3. The van der Waals surface area contributed by atoms with E-state index >= 15 is 0 Å². The molecule has 1 rings (SSSR count). The van der Waals surface area contributed by atoms with Crippen molar-refractivity contribution in [3.05, 3.63) is 0 Å². The molecule has 0 aromatic heterocycles. The third-order valence-electron chi connectivity index (χ3n) is 5.16. The van der Waals surface area contributed by atoms with Gasteiger partial charge in [0, 0.05) is 0 Å². The van der Waals surface area contributed by atoms with Crippen LogP contribution in [0.4, 0.5) is 0 Å². The number of hydrogen-bond acceptors (Lipinski definition) is 2. The molecular weight excluding hydrogens is 274 g/mol. The molecule has 0 bridgehead atoms. The van der Waals surface area contributed by atoms with E-state index in [9.17, 15) is 0 Å². The van der Waals surface area contributed by atoms with Crippen molar-refractivity contribution >= 4 is 11.8 Å². The molecule has 0 aromatic rings. The summed E-state index contributed by atoms with van der Waals surface area (Å²) in [6.07, 6.45) is 5.77. The lowest BCUT2D eigenvalue weighted by Gasteiger charge is -2.42. The average Bonchev–Trinajstić information content (AvgIpc) is 2.38. The second-order valence-electron chi connectivity index (χ2n) is 8.43. The number of thioether (sulfide) groups is 1. The van der Waals surface area contributed by atoms with E-state index in [1.165, 1.54) is 50.3 Å². The molecule has 1 nitrogen and oxygen atoms in total. The van der Waals surface area contributed by atoms with Gasteiger partial charge in [0.1, 0.15) is 0 Å². The maximum atomic E-state index is 3.72. The van der Waals surface area contributed by atoms with Gasteiger partial charge in [0.05, 0.1) is 0 Å². The minimum atomic E-state index is 0.493. The van der Waals surface area contributed by atoms with Crippen LogP contribution in [0.5, 0.6) is 0 Å². The molecule has 0 radical (unpaired) electrons. The Bertz CT molecular complexity index is 269. The van der Waals surface area contributed by atoms with E-state index < -0.39 is 0 Å². The largest absolute Gasteiger partial charge is 0.316 e. The van der Waals surface area contributed by atoms with Crippen LogP contribution in [-0.2, 0) is 0 Å². The lowest BCUT2D eigenvalue weighted by atomic mass is 9.65. The molecule has 0 aliphatic heterocycles. The predicted molar refractivity (Wildman–Crippen MR) is 99.1 cm³/mol. The summed E-state index contributed by atoms with van der Waals surface area (Å²) < 4.78 is 0. The fourth-order valence-corrected chi connectivity index (χ4v) is 4.43. The van der Waals surface area contributed by atoms with E-state index in [1.54, 1.807) is 0 Å². The molecule has 21 heavy (non-hydrogen) atoms. The second kappa shape index (κ2) is 9.45. The molecule has 3 atom stereocenters. The van der Waals surface area contributed by atoms with Crippen LogP contribution in [0.2, 0.25) is 0 Å². The minimum absolute atomic E-state index is 0.493. The summed E-state index contributed by atoms with van der Waals surface area (Å²) in [5, 5.41) is 3.72. The SMILES string of the molecule is CCSCCC1CC(C(C)(C)C)CCC1CNCC(C)C. The van der Waals surface area contributed by atoms with Crippen LogP contribution in [0.15, 0.2) is 0 Å². The highest BCUT2D eigenvalue weighted by Crippen LogP contribution is 2.44. The summed E-state index contributed by atoms with van der Waals surface area (Å²) in [7, 11) is 0. The maximum absolute atomic E-state index is 3.72. The standard InChI is InChI=1S/C19H39NS/c1-7-21-11-10-16-12-18(19(4,5)6)9-8-17(16)14-20-13-15(2)3/h15-18,20H,7-14H2,1-6H3. The molecule has 1 fully saturated rings. The minimum Gasteiger partial charge on any atom is -0.316 e. The molecule has 0 heterocycles. The smallest absolute Gasteiger partial charge is 0.00177 e. The van der Waals surface area contributed by atoms with Crippen LogP contribution in [0.25, 0.3) is 0 Å². The zero-order chi connectivity index (χ0) is 15.9. The van der Waals surface area contributed by atoms with Crippen molar-refractivity contribution in [2.24, 2.45) is 29.1 Å². The fourth-order valence-electron chi connectivity index (χ4n) is 3.67. The molecule has 3 unspecified atom stereocenters. The first kappa shape index (κ1) is 19.4. The van der Waals surface area contributed by atoms with Gasteiger partial charge in [0.15, 0.2) is 0 Å². The Balaban J connectivity index is 2.51. The van der Waals surface area contributed by atoms with Crippen LogP contribution in [0, 0.1) is 29.1 Å². The normalized spacial score (nSPS) is 27.3. The van der Waals surface area contributed by atoms with Gasteiger partial charge in [-0.1, -0.05) is 41.5 Å². The average molecular weight is 314 g/mol. The lowest BCUT2D eigenvalue weighted by molar-refractivity contribution is 0.0954. The van der Waals surface area contributed by atoms with Crippen LogP contribution in [0.1, 0.15) is 67.2 Å². The Labute approximate surface area is 138 Å². The van der Waals surface area contributed by atoms with Gasteiger partial charge in [-0.15, -0.1) is 0 Å². The molecule has 1 aliphatic carbocycles. The summed E-state index contributed by atoms with van der Waals surface area (Å²) in [4.78, 5) is 0. The summed E-state index contributed by atoms with van der Waals surface area (Å²) in [5.41, 5.74) is 0.493. The van der Waals surface area contributed by atoms with E-state index in [-0.39, 0.29) is 0 Å². The van der Waals surface area contributed by atoms with Gasteiger partial charge in [-0.05, 0) is 79.4 Å². The van der Waals surface area contributed by atoms with Crippen molar-refractivity contribution in [2.45, 2.75) is 67.2 Å². The molecule has 0 amide bonds. The summed E-state index contributed by atoms with van der Waals surface area (Å²) >= 11 is 2.12. The van der Waals surface area contributed by atoms with Crippen LogP contribution < -0.4 is 5.32 Å². The number of nitrogens with one attached hydrogen (secondary N) is 1. The topological polar surface area (TPSA) is 12.0 Å². The maximum Gasteiger partial charge on any atom is -0.00177 e. The Morgan fingerprint density at radius 1 is 1.14 bits per heavy atom. The zero-order valence-corrected chi connectivity index (χ0v) is 16.2. The van der Waals surface area contributed by atoms with E-state index in [2.05, 4.69) is 58.6 Å². The van der Waals surface area contributed by atoms with Gasteiger partial charge in [0.2, 0.25) is 0 Å². The Morgan fingerprint density at radius 2 is 1.86 bits per heavy atom. The highest BCUT2D eigenvalue weighted by molar-refractivity contribution is 7.99. The van der Waals surface area contributed by atoms with Crippen LogP contribution in [-0.4, -0.2) is 24.6 Å². The number of rotatable bonds is 8. The van der Waals surface area contributed by atoms with Gasteiger partial charge in [0.25, 0.3) is 0 Å². The predicted octanol–water partition coefficient (Wildman–Crippen LogP) is 5.45.